The Balaban J connectivity index is 1.85. The molecule has 2 bridgehead atoms. The van der Waals surface area contributed by atoms with Crippen LogP contribution in [0.25, 0.3) is 0 Å². The van der Waals surface area contributed by atoms with E-state index in [2.05, 4.69) is 36.4 Å². The lowest BCUT2D eigenvalue weighted by Gasteiger charge is -2.46. The molecule has 0 aliphatic carbocycles. The van der Waals surface area contributed by atoms with Crippen molar-refractivity contribution >= 4 is 0 Å². The van der Waals surface area contributed by atoms with Crippen molar-refractivity contribution in [1.82, 2.24) is 0 Å². The van der Waals surface area contributed by atoms with Gasteiger partial charge in [-0.3, -0.25) is 0 Å². The minimum absolute atomic E-state index is 0.628. The second kappa shape index (κ2) is 4.50. The van der Waals surface area contributed by atoms with Gasteiger partial charge in [-0.2, -0.15) is 5.26 Å². The first-order valence-corrected chi connectivity index (χ1v) is 6.64. The highest BCUT2D eigenvalue weighted by molar-refractivity contribution is 5.21. The number of hydrogen-bond acceptors (Lipinski definition) is 1. The molecule has 1 unspecified atom stereocenters. The molecule has 3 heterocycles. The summed E-state index contributed by atoms with van der Waals surface area (Å²) in [6, 6.07) is 13.3. The summed E-state index contributed by atoms with van der Waals surface area (Å²) in [5.74, 6) is 2.06. The third-order valence-corrected chi connectivity index (χ3v) is 4.59. The zero-order valence-corrected chi connectivity index (χ0v) is 10.1. The molecule has 0 spiro atoms. The number of fused-ring (bicyclic) bond motifs is 3. The minimum Gasteiger partial charge on any atom is -0.334 e. The fourth-order valence-electron chi connectivity index (χ4n) is 3.81. The van der Waals surface area contributed by atoms with E-state index in [0.29, 0.717) is 11.8 Å². The molecule has 3 saturated heterocycles. The van der Waals surface area contributed by atoms with Crippen molar-refractivity contribution in [2.45, 2.75) is 18.8 Å². The maximum atomic E-state index is 8.94. The zero-order chi connectivity index (χ0) is 11.7. The molecule has 88 valence electrons. The Morgan fingerprint density at radius 1 is 1.24 bits per heavy atom. The summed E-state index contributed by atoms with van der Waals surface area (Å²) >= 11 is 0. The van der Waals surface area contributed by atoms with E-state index in [1.165, 1.54) is 31.6 Å². The molecule has 4 rings (SSSR count). The molecule has 1 N–H and O–H groups in total. The smallest absolute Gasteiger partial charge is 0.0843 e. The van der Waals surface area contributed by atoms with Gasteiger partial charge < -0.3 is 4.90 Å². The van der Waals surface area contributed by atoms with E-state index in [1.54, 1.807) is 4.90 Å². The van der Waals surface area contributed by atoms with Crippen LogP contribution in [0.2, 0.25) is 0 Å². The molecule has 1 aromatic rings. The first-order chi connectivity index (χ1) is 8.38. The molecule has 0 amide bonds. The van der Waals surface area contributed by atoms with E-state index >= 15 is 0 Å². The van der Waals surface area contributed by atoms with Crippen LogP contribution in [0.15, 0.2) is 30.3 Å². The van der Waals surface area contributed by atoms with Crippen molar-refractivity contribution in [3.63, 3.8) is 0 Å². The summed E-state index contributed by atoms with van der Waals surface area (Å²) < 4.78 is 0. The Morgan fingerprint density at radius 2 is 2.06 bits per heavy atom. The van der Waals surface area contributed by atoms with Crippen molar-refractivity contribution in [2.75, 3.05) is 19.6 Å². The molecule has 17 heavy (non-hydrogen) atoms. The van der Waals surface area contributed by atoms with Gasteiger partial charge in [-0.1, -0.05) is 30.3 Å². The van der Waals surface area contributed by atoms with Crippen LogP contribution in [0.4, 0.5) is 0 Å². The van der Waals surface area contributed by atoms with Crippen LogP contribution in [0, 0.1) is 23.2 Å². The topological polar surface area (TPSA) is 28.2 Å². The molecule has 3 fully saturated rings. The summed E-state index contributed by atoms with van der Waals surface area (Å²) in [4.78, 5) is 1.71. The van der Waals surface area contributed by atoms with Crippen LogP contribution in [0.3, 0.4) is 0 Å². The van der Waals surface area contributed by atoms with E-state index in [1.807, 2.05) is 0 Å². The van der Waals surface area contributed by atoms with Gasteiger partial charge in [0.1, 0.15) is 0 Å². The Hall–Kier alpha value is -1.33. The number of quaternary nitrogens is 1. The molecule has 2 heteroatoms. The molecule has 0 radical (unpaired) electrons. The van der Waals surface area contributed by atoms with Gasteiger partial charge in [-0.05, 0) is 11.5 Å². The number of benzene rings is 1. The average Bonchev–Trinajstić information content (AvgIpc) is 2.41. The van der Waals surface area contributed by atoms with Crippen LogP contribution in [0.5, 0.6) is 0 Å². The summed E-state index contributed by atoms with van der Waals surface area (Å²) in [7, 11) is 0. The summed E-state index contributed by atoms with van der Waals surface area (Å²) in [6.07, 6.45) is 2.05. The SMILES string of the molecule is N#CC[C@@H]1C[NH+]2CC[C@H]1[C@@H](c1ccccc1)C2. The van der Waals surface area contributed by atoms with Crippen LogP contribution in [-0.2, 0) is 0 Å². The minimum atomic E-state index is 0.628. The lowest BCUT2D eigenvalue weighted by molar-refractivity contribution is -0.923. The van der Waals surface area contributed by atoms with Crippen LogP contribution in [0.1, 0.15) is 24.3 Å². The van der Waals surface area contributed by atoms with E-state index in [9.17, 15) is 0 Å². The summed E-state index contributed by atoms with van der Waals surface area (Å²) in [6.45, 7) is 3.81. The number of hydrogen-bond donors (Lipinski definition) is 1. The molecule has 0 saturated carbocycles. The number of piperidine rings is 3. The quantitative estimate of drug-likeness (QED) is 0.808. The lowest BCUT2D eigenvalue weighted by Crippen LogP contribution is -3.16. The highest BCUT2D eigenvalue weighted by Crippen LogP contribution is 2.37. The highest BCUT2D eigenvalue weighted by Gasteiger charge is 2.44. The van der Waals surface area contributed by atoms with Gasteiger partial charge in [-0.25, -0.2) is 0 Å². The van der Waals surface area contributed by atoms with Gasteiger partial charge in [0.15, 0.2) is 0 Å². The van der Waals surface area contributed by atoms with Crippen molar-refractivity contribution < 1.29 is 4.90 Å². The summed E-state index contributed by atoms with van der Waals surface area (Å²) in [5.41, 5.74) is 1.48. The van der Waals surface area contributed by atoms with Crippen LogP contribution >= 0.6 is 0 Å². The zero-order valence-electron chi connectivity index (χ0n) is 10.1. The van der Waals surface area contributed by atoms with Gasteiger partial charge in [0.25, 0.3) is 0 Å². The standard InChI is InChI=1S/C15H18N2/c16-8-6-13-10-17-9-7-14(13)15(11-17)12-4-2-1-3-5-12/h1-5,13-15H,6-7,9-11H2/p+1/t13-,14-,15-/m1/s1. The highest BCUT2D eigenvalue weighted by atomic mass is 15.2. The van der Waals surface area contributed by atoms with E-state index in [0.717, 1.165) is 12.3 Å². The first-order valence-electron chi connectivity index (χ1n) is 6.64. The predicted octanol–water partition coefficient (Wildman–Crippen LogP) is 1.22. The number of rotatable bonds is 2. The number of nitrogens with zero attached hydrogens (tertiary/aromatic N) is 1. The molecule has 1 aromatic carbocycles. The van der Waals surface area contributed by atoms with Gasteiger partial charge in [-0.15, -0.1) is 0 Å². The van der Waals surface area contributed by atoms with Crippen molar-refractivity contribution in [2.24, 2.45) is 11.8 Å². The van der Waals surface area contributed by atoms with Gasteiger partial charge in [0.2, 0.25) is 0 Å². The van der Waals surface area contributed by atoms with E-state index < -0.39 is 0 Å². The Bertz CT molecular complexity index is 420. The van der Waals surface area contributed by atoms with E-state index in [-0.39, 0.29) is 0 Å². The third-order valence-electron chi connectivity index (χ3n) is 4.59. The van der Waals surface area contributed by atoms with Gasteiger partial charge in [0, 0.05) is 24.7 Å². The largest absolute Gasteiger partial charge is 0.334 e. The molecular weight excluding hydrogens is 208 g/mol. The molecule has 3 aliphatic heterocycles. The number of nitriles is 1. The Kier molecular flexibility index (Phi) is 2.86. The van der Waals surface area contributed by atoms with Crippen LogP contribution < -0.4 is 4.90 Å². The third kappa shape index (κ3) is 1.96. The lowest BCUT2D eigenvalue weighted by atomic mass is 9.69. The Labute approximate surface area is 103 Å². The fraction of sp³-hybridized carbons (Fsp3) is 0.533. The monoisotopic (exact) mass is 227 g/mol. The van der Waals surface area contributed by atoms with Crippen LogP contribution in [-0.4, -0.2) is 19.6 Å². The Morgan fingerprint density at radius 3 is 2.76 bits per heavy atom. The predicted molar refractivity (Wildman–Crippen MR) is 66.6 cm³/mol. The van der Waals surface area contributed by atoms with Crippen molar-refractivity contribution in [3.8, 4) is 6.07 Å². The van der Waals surface area contributed by atoms with Gasteiger partial charge >= 0.3 is 0 Å². The van der Waals surface area contributed by atoms with Crippen molar-refractivity contribution in [3.05, 3.63) is 35.9 Å². The molecular formula is C15H19N2+. The van der Waals surface area contributed by atoms with E-state index in [4.69, 9.17) is 5.26 Å². The molecule has 2 nitrogen and oxygen atoms in total. The normalized spacial score (nSPS) is 35.5. The fourth-order valence-corrected chi connectivity index (χ4v) is 3.81. The molecule has 3 aliphatic rings. The maximum absolute atomic E-state index is 8.94. The first kappa shape index (κ1) is 10.8. The second-order valence-corrected chi connectivity index (χ2v) is 5.50. The average molecular weight is 227 g/mol. The van der Waals surface area contributed by atoms with Gasteiger partial charge in [0.05, 0.1) is 25.7 Å². The molecule has 0 aromatic heterocycles. The second-order valence-electron chi connectivity index (χ2n) is 5.50. The number of nitrogens with one attached hydrogen (secondary N) is 1. The summed E-state index contributed by atoms with van der Waals surface area (Å²) in [5, 5.41) is 8.94. The maximum Gasteiger partial charge on any atom is 0.0843 e. The van der Waals surface area contributed by atoms with Crippen molar-refractivity contribution in [1.29, 1.82) is 5.26 Å². The molecule has 4 atom stereocenters.